The van der Waals surface area contributed by atoms with Crippen LogP contribution in [0.4, 0.5) is 4.39 Å². The van der Waals surface area contributed by atoms with Gasteiger partial charge in [0.25, 0.3) is 5.91 Å². The number of benzene rings is 2. The van der Waals surface area contributed by atoms with Crippen LogP contribution in [-0.2, 0) is 16.1 Å². The van der Waals surface area contributed by atoms with Gasteiger partial charge < -0.3 is 19.5 Å². The summed E-state index contributed by atoms with van der Waals surface area (Å²) >= 11 is 6.07. The van der Waals surface area contributed by atoms with E-state index in [-0.39, 0.29) is 23.2 Å². The number of carbonyl (C=O) groups is 2. The molecule has 0 aliphatic rings. The largest absolute Gasteiger partial charge is 0.482 e. The second-order valence-corrected chi connectivity index (χ2v) is 6.07. The van der Waals surface area contributed by atoms with E-state index in [1.165, 1.54) is 36.3 Å². The highest BCUT2D eigenvalue weighted by Crippen LogP contribution is 2.21. The van der Waals surface area contributed by atoms with Gasteiger partial charge >= 0.3 is 5.97 Å². The number of carboxylic acids is 1. The molecule has 0 aliphatic heterocycles. The number of nitrogens with zero attached hydrogens (tertiary/aromatic N) is 1. The number of hydrogen-bond donors (Lipinski definition) is 1. The van der Waals surface area contributed by atoms with Gasteiger partial charge in [0, 0.05) is 30.8 Å². The van der Waals surface area contributed by atoms with Crippen LogP contribution in [0.25, 0.3) is 0 Å². The lowest BCUT2D eigenvalue weighted by atomic mass is 10.1. The topological polar surface area (TPSA) is 76.1 Å². The molecule has 0 saturated heterocycles. The average molecular weight is 396 g/mol. The minimum absolute atomic E-state index is 0.168. The SMILES string of the molecule is COCCN(Cc1ccc(F)cc1Cl)C(=O)c1cccc(OCC(=O)O)c1. The molecular formula is C19H19ClFNO5. The third kappa shape index (κ3) is 6.23. The first kappa shape index (κ1) is 20.7. The molecule has 2 aromatic carbocycles. The van der Waals surface area contributed by atoms with Gasteiger partial charge in [-0.05, 0) is 35.9 Å². The molecule has 0 spiro atoms. The second-order valence-electron chi connectivity index (χ2n) is 5.67. The highest BCUT2D eigenvalue weighted by atomic mass is 35.5. The van der Waals surface area contributed by atoms with Crippen LogP contribution in [0.2, 0.25) is 5.02 Å². The van der Waals surface area contributed by atoms with Crippen molar-refractivity contribution in [1.29, 1.82) is 0 Å². The summed E-state index contributed by atoms with van der Waals surface area (Å²) in [5, 5.41) is 8.92. The first-order valence-corrected chi connectivity index (χ1v) is 8.45. The van der Waals surface area contributed by atoms with Gasteiger partial charge in [0.05, 0.1) is 6.61 Å². The van der Waals surface area contributed by atoms with E-state index >= 15 is 0 Å². The molecule has 2 rings (SSSR count). The van der Waals surface area contributed by atoms with E-state index < -0.39 is 18.4 Å². The molecular weight excluding hydrogens is 377 g/mol. The Kier molecular flexibility index (Phi) is 7.57. The smallest absolute Gasteiger partial charge is 0.341 e. The van der Waals surface area contributed by atoms with Gasteiger partial charge in [0.15, 0.2) is 6.61 Å². The van der Waals surface area contributed by atoms with Crippen molar-refractivity contribution in [2.24, 2.45) is 0 Å². The molecule has 0 saturated carbocycles. The summed E-state index contributed by atoms with van der Waals surface area (Å²) in [6.07, 6.45) is 0. The quantitative estimate of drug-likeness (QED) is 0.705. The fraction of sp³-hybridized carbons (Fsp3) is 0.263. The molecule has 6 nitrogen and oxygen atoms in total. The number of hydrogen-bond acceptors (Lipinski definition) is 4. The van der Waals surface area contributed by atoms with E-state index in [1.54, 1.807) is 18.2 Å². The standard InChI is InChI=1S/C19H19ClFNO5/c1-26-8-7-22(11-14-5-6-15(21)10-17(14)20)19(25)13-3-2-4-16(9-13)27-12-18(23)24/h2-6,9-10H,7-8,11-12H2,1H3,(H,23,24). The normalized spacial score (nSPS) is 10.5. The van der Waals surface area contributed by atoms with Gasteiger partial charge in [-0.1, -0.05) is 23.7 Å². The highest BCUT2D eigenvalue weighted by molar-refractivity contribution is 6.31. The van der Waals surface area contributed by atoms with Gasteiger partial charge in [-0.25, -0.2) is 9.18 Å². The number of carboxylic acid groups (broad SMARTS) is 1. The molecule has 144 valence electrons. The van der Waals surface area contributed by atoms with Gasteiger partial charge in [0.2, 0.25) is 0 Å². The van der Waals surface area contributed by atoms with Crippen LogP contribution in [-0.4, -0.2) is 48.8 Å². The highest BCUT2D eigenvalue weighted by Gasteiger charge is 2.18. The van der Waals surface area contributed by atoms with Gasteiger partial charge in [0.1, 0.15) is 11.6 Å². The van der Waals surface area contributed by atoms with Crippen molar-refractivity contribution in [2.45, 2.75) is 6.54 Å². The lowest BCUT2D eigenvalue weighted by molar-refractivity contribution is -0.139. The van der Waals surface area contributed by atoms with Crippen molar-refractivity contribution in [3.8, 4) is 5.75 Å². The zero-order chi connectivity index (χ0) is 19.8. The van der Waals surface area contributed by atoms with Crippen LogP contribution in [0.1, 0.15) is 15.9 Å². The van der Waals surface area contributed by atoms with Crippen molar-refractivity contribution < 1.29 is 28.6 Å². The minimum Gasteiger partial charge on any atom is -0.482 e. The molecule has 0 aliphatic carbocycles. The van der Waals surface area contributed by atoms with E-state index in [0.717, 1.165) is 0 Å². The number of amides is 1. The Balaban J connectivity index is 2.21. The first-order chi connectivity index (χ1) is 12.9. The maximum Gasteiger partial charge on any atom is 0.341 e. The third-order valence-corrected chi connectivity index (χ3v) is 4.02. The van der Waals surface area contributed by atoms with E-state index in [2.05, 4.69) is 0 Å². The van der Waals surface area contributed by atoms with Crippen LogP contribution >= 0.6 is 11.6 Å². The Morgan fingerprint density at radius 2 is 2.00 bits per heavy atom. The number of methoxy groups -OCH3 is 1. The fourth-order valence-corrected chi connectivity index (χ4v) is 2.58. The second kappa shape index (κ2) is 9.89. The van der Waals surface area contributed by atoms with Crippen molar-refractivity contribution >= 4 is 23.5 Å². The average Bonchev–Trinajstić information content (AvgIpc) is 2.64. The Labute approximate surface area is 161 Å². The van der Waals surface area contributed by atoms with Crippen LogP contribution in [0.15, 0.2) is 42.5 Å². The molecule has 0 atom stereocenters. The molecule has 0 heterocycles. The molecule has 8 heteroatoms. The summed E-state index contributed by atoms with van der Waals surface area (Å²) in [5.74, 6) is -1.61. The number of halogens is 2. The molecule has 2 aromatic rings. The van der Waals surface area contributed by atoms with Crippen molar-refractivity contribution in [3.05, 3.63) is 64.4 Å². The summed E-state index contributed by atoms with van der Waals surface area (Å²) in [4.78, 5) is 25.0. The first-order valence-electron chi connectivity index (χ1n) is 8.07. The Bertz CT molecular complexity index is 814. The maximum atomic E-state index is 13.2. The maximum absolute atomic E-state index is 13.2. The summed E-state index contributed by atoms with van der Waals surface area (Å²) in [7, 11) is 1.52. The predicted octanol–water partition coefficient (Wildman–Crippen LogP) is 3.23. The molecule has 0 aromatic heterocycles. The number of ether oxygens (including phenoxy) is 2. The summed E-state index contributed by atoms with van der Waals surface area (Å²) in [5.41, 5.74) is 0.924. The van der Waals surface area contributed by atoms with Crippen molar-refractivity contribution in [3.63, 3.8) is 0 Å². The lowest BCUT2D eigenvalue weighted by Crippen LogP contribution is -2.33. The summed E-state index contributed by atoms with van der Waals surface area (Å²) in [6, 6.07) is 10.2. The van der Waals surface area contributed by atoms with Crippen LogP contribution in [0.5, 0.6) is 5.75 Å². The van der Waals surface area contributed by atoms with Gasteiger partial charge in [-0.2, -0.15) is 0 Å². The monoisotopic (exact) mass is 395 g/mol. The molecule has 0 fully saturated rings. The van der Waals surface area contributed by atoms with E-state index in [0.29, 0.717) is 24.3 Å². The van der Waals surface area contributed by atoms with Gasteiger partial charge in [-0.3, -0.25) is 4.79 Å². The Morgan fingerprint density at radius 3 is 2.67 bits per heavy atom. The zero-order valence-corrected chi connectivity index (χ0v) is 15.4. The van der Waals surface area contributed by atoms with Crippen LogP contribution in [0.3, 0.4) is 0 Å². The zero-order valence-electron chi connectivity index (χ0n) is 14.7. The van der Waals surface area contributed by atoms with Crippen LogP contribution < -0.4 is 4.74 Å². The van der Waals surface area contributed by atoms with Crippen molar-refractivity contribution in [2.75, 3.05) is 26.9 Å². The molecule has 0 unspecified atom stereocenters. The lowest BCUT2D eigenvalue weighted by Gasteiger charge is -2.23. The molecule has 1 amide bonds. The number of aliphatic carboxylic acids is 1. The number of carbonyl (C=O) groups excluding carboxylic acids is 1. The molecule has 0 radical (unpaired) electrons. The summed E-state index contributed by atoms with van der Waals surface area (Å²) < 4.78 is 23.4. The Morgan fingerprint density at radius 1 is 1.22 bits per heavy atom. The van der Waals surface area contributed by atoms with E-state index in [4.69, 9.17) is 26.2 Å². The van der Waals surface area contributed by atoms with E-state index in [1.807, 2.05) is 0 Å². The third-order valence-electron chi connectivity index (χ3n) is 3.67. The number of rotatable bonds is 9. The van der Waals surface area contributed by atoms with E-state index in [9.17, 15) is 14.0 Å². The molecule has 0 bridgehead atoms. The Hall–Kier alpha value is -2.64. The minimum atomic E-state index is -1.11. The van der Waals surface area contributed by atoms with Gasteiger partial charge in [-0.15, -0.1) is 0 Å². The van der Waals surface area contributed by atoms with Crippen molar-refractivity contribution in [1.82, 2.24) is 4.90 Å². The summed E-state index contributed by atoms with van der Waals surface area (Å²) in [6.45, 7) is 0.265. The molecule has 27 heavy (non-hydrogen) atoms. The van der Waals surface area contributed by atoms with Crippen LogP contribution in [0, 0.1) is 5.82 Å². The molecule has 1 N–H and O–H groups in total. The fourth-order valence-electron chi connectivity index (χ4n) is 2.36. The predicted molar refractivity (Wildman–Crippen MR) is 97.6 cm³/mol.